The second-order valence-corrected chi connectivity index (χ2v) is 5.38. The maximum Gasteiger partial charge on any atom is 0.0893 e. The van der Waals surface area contributed by atoms with E-state index in [4.69, 9.17) is 10.4 Å². The van der Waals surface area contributed by atoms with Gasteiger partial charge in [0.25, 0.3) is 0 Å². The SMILES string of the molecule is CC(=NO)C1=C(C)C(=NO)C(C)(C)C1(C)C. The molecular formula is C12H20N2O2. The predicted molar refractivity (Wildman–Crippen MR) is 64.4 cm³/mol. The molecule has 90 valence electrons. The first-order valence-electron chi connectivity index (χ1n) is 5.35. The molecule has 0 radical (unpaired) electrons. The van der Waals surface area contributed by atoms with Gasteiger partial charge in [-0.3, -0.25) is 0 Å². The lowest BCUT2D eigenvalue weighted by molar-refractivity contribution is 0.244. The number of oxime groups is 2. The molecule has 0 aliphatic heterocycles. The summed E-state index contributed by atoms with van der Waals surface area (Å²) in [5.41, 5.74) is 2.58. The number of allylic oxidation sites excluding steroid dienone is 2. The molecule has 0 atom stereocenters. The van der Waals surface area contributed by atoms with Crippen molar-refractivity contribution in [1.29, 1.82) is 0 Å². The molecule has 2 N–H and O–H groups in total. The van der Waals surface area contributed by atoms with Gasteiger partial charge >= 0.3 is 0 Å². The summed E-state index contributed by atoms with van der Waals surface area (Å²) < 4.78 is 0. The molecule has 1 rings (SSSR count). The van der Waals surface area contributed by atoms with Gasteiger partial charge in [0, 0.05) is 10.8 Å². The summed E-state index contributed by atoms with van der Waals surface area (Å²) in [4.78, 5) is 0. The largest absolute Gasteiger partial charge is 0.411 e. The first kappa shape index (κ1) is 12.7. The zero-order chi connectivity index (χ0) is 12.7. The van der Waals surface area contributed by atoms with Gasteiger partial charge in [0.2, 0.25) is 0 Å². The first-order chi connectivity index (χ1) is 7.21. The molecule has 0 saturated carbocycles. The van der Waals surface area contributed by atoms with Gasteiger partial charge in [0.15, 0.2) is 0 Å². The van der Waals surface area contributed by atoms with Gasteiger partial charge in [-0.05, 0) is 25.0 Å². The minimum Gasteiger partial charge on any atom is -0.411 e. The Morgan fingerprint density at radius 3 is 1.88 bits per heavy atom. The second-order valence-electron chi connectivity index (χ2n) is 5.38. The van der Waals surface area contributed by atoms with Gasteiger partial charge in [-0.15, -0.1) is 0 Å². The second kappa shape index (κ2) is 3.61. The Bertz CT molecular complexity index is 401. The van der Waals surface area contributed by atoms with Crippen molar-refractivity contribution in [2.24, 2.45) is 21.1 Å². The predicted octanol–water partition coefficient (Wildman–Crippen LogP) is 3.05. The fraction of sp³-hybridized carbons (Fsp3) is 0.667. The van der Waals surface area contributed by atoms with Crippen LogP contribution in [0.2, 0.25) is 0 Å². The summed E-state index contributed by atoms with van der Waals surface area (Å²) in [5, 5.41) is 24.7. The average Bonchev–Trinajstić information content (AvgIpc) is 2.29. The highest BCUT2D eigenvalue weighted by molar-refractivity contribution is 6.16. The standard InChI is InChI=1S/C12H20N2O2/c1-7-9(8(2)13-15)11(3,4)12(5,6)10(7)14-16/h15-16H,1-6H3. The van der Waals surface area contributed by atoms with Crippen LogP contribution in [-0.2, 0) is 0 Å². The van der Waals surface area contributed by atoms with Gasteiger partial charge in [-0.1, -0.05) is 38.0 Å². The van der Waals surface area contributed by atoms with Crippen molar-refractivity contribution >= 4 is 11.4 Å². The van der Waals surface area contributed by atoms with E-state index < -0.39 is 0 Å². The number of hydrogen-bond acceptors (Lipinski definition) is 4. The quantitative estimate of drug-likeness (QED) is 0.408. The normalized spacial score (nSPS) is 26.6. The summed E-state index contributed by atoms with van der Waals surface area (Å²) in [6, 6.07) is 0. The topological polar surface area (TPSA) is 65.2 Å². The van der Waals surface area contributed by atoms with E-state index in [1.807, 2.05) is 20.8 Å². The summed E-state index contributed by atoms with van der Waals surface area (Å²) >= 11 is 0. The van der Waals surface area contributed by atoms with E-state index in [-0.39, 0.29) is 10.8 Å². The minimum absolute atomic E-state index is 0.227. The maximum atomic E-state index is 9.13. The van der Waals surface area contributed by atoms with Crippen molar-refractivity contribution in [3.63, 3.8) is 0 Å². The van der Waals surface area contributed by atoms with E-state index in [1.54, 1.807) is 6.92 Å². The third kappa shape index (κ3) is 1.36. The molecule has 0 aromatic carbocycles. The number of hydrogen-bond donors (Lipinski definition) is 2. The molecule has 0 aromatic heterocycles. The number of rotatable bonds is 1. The summed E-state index contributed by atoms with van der Waals surface area (Å²) in [7, 11) is 0. The van der Waals surface area contributed by atoms with Crippen molar-refractivity contribution in [3.8, 4) is 0 Å². The van der Waals surface area contributed by atoms with Gasteiger partial charge < -0.3 is 10.4 Å². The highest BCUT2D eigenvalue weighted by Gasteiger charge is 2.51. The first-order valence-corrected chi connectivity index (χ1v) is 5.35. The van der Waals surface area contributed by atoms with Crippen molar-refractivity contribution in [1.82, 2.24) is 0 Å². The fourth-order valence-corrected chi connectivity index (χ4v) is 2.64. The lowest BCUT2D eigenvalue weighted by Crippen LogP contribution is -2.36. The Kier molecular flexibility index (Phi) is 2.88. The van der Waals surface area contributed by atoms with Crippen LogP contribution >= 0.6 is 0 Å². The van der Waals surface area contributed by atoms with E-state index in [1.165, 1.54) is 0 Å². The molecule has 0 saturated heterocycles. The molecule has 0 bridgehead atoms. The molecule has 1 aliphatic carbocycles. The average molecular weight is 224 g/mol. The molecule has 0 heterocycles. The van der Waals surface area contributed by atoms with Crippen LogP contribution in [-0.4, -0.2) is 21.8 Å². The van der Waals surface area contributed by atoms with Crippen molar-refractivity contribution in [2.45, 2.75) is 41.5 Å². The van der Waals surface area contributed by atoms with Crippen LogP contribution in [0.4, 0.5) is 0 Å². The van der Waals surface area contributed by atoms with Crippen molar-refractivity contribution in [2.75, 3.05) is 0 Å². The molecule has 4 nitrogen and oxygen atoms in total. The van der Waals surface area contributed by atoms with E-state index in [2.05, 4.69) is 24.2 Å². The van der Waals surface area contributed by atoms with Gasteiger partial charge in [-0.25, -0.2) is 0 Å². The molecule has 0 unspecified atom stereocenters. The van der Waals surface area contributed by atoms with Gasteiger partial charge in [0.05, 0.1) is 11.4 Å². The van der Waals surface area contributed by atoms with Crippen LogP contribution in [0.25, 0.3) is 0 Å². The van der Waals surface area contributed by atoms with Crippen molar-refractivity contribution in [3.05, 3.63) is 11.1 Å². The van der Waals surface area contributed by atoms with Crippen molar-refractivity contribution < 1.29 is 10.4 Å². The lowest BCUT2D eigenvalue weighted by atomic mass is 9.66. The summed E-state index contributed by atoms with van der Waals surface area (Å²) in [6.07, 6.45) is 0. The third-order valence-electron chi connectivity index (χ3n) is 4.12. The number of nitrogens with zero attached hydrogens (tertiary/aromatic N) is 2. The van der Waals surface area contributed by atoms with Crippen LogP contribution in [0.15, 0.2) is 21.5 Å². The smallest absolute Gasteiger partial charge is 0.0893 e. The van der Waals surface area contributed by atoms with E-state index in [9.17, 15) is 0 Å². The third-order valence-corrected chi connectivity index (χ3v) is 4.12. The molecular weight excluding hydrogens is 204 g/mol. The Labute approximate surface area is 96.3 Å². The van der Waals surface area contributed by atoms with Crippen LogP contribution in [0.3, 0.4) is 0 Å². The van der Waals surface area contributed by atoms with Crippen LogP contribution in [0.5, 0.6) is 0 Å². The molecule has 0 fully saturated rings. The lowest BCUT2D eigenvalue weighted by Gasteiger charge is -2.37. The van der Waals surface area contributed by atoms with Gasteiger partial charge in [0.1, 0.15) is 0 Å². The highest BCUT2D eigenvalue weighted by Crippen LogP contribution is 2.53. The maximum absolute atomic E-state index is 9.13. The van der Waals surface area contributed by atoms with Crippen LogP contribution < -0.4 is 0 Å². The van der Waals surface area contributed by atoms with Crippen LogP contribution in [0.1, 0.15) is 41.5 Å². The Hall–Kier alpha value is -1.32. The van der Waals surface area contributed by atoms with E-state index >= 15 is 0 Å². The van der Waals surface area contributed by atoms with E-state index in [0.717, 1.165) is 11.1 Å². The molecule has 0 spiro atoms. The molecule has 4 heteroatoms. The van der Waals surface area contributed by atoms with Crippen LogP contribution in [0, 0.1) is 10.8 Å². The minimum atomic E-state index is -0.285. The zero-order valence-corrected chi connectivity index (χ0v) is 10.8. The fourth-order valence-electron chi connectivity index (χ4n) is 2.64. The Morgan fingerprint density at radius 1 is 1.06 bits per heavy atom. The monoisotopic (exact) mass is 224 g/mol. The van der Waals surface area contributed by atoms with E-state index in [0.29, 0.717) is 11.4 Å². The summed E-state index contributed by atoms with van der Waals surface area (Å²) in [5.74, 6) is 0. The molecule has 0 aromatic rings. The molecule has 1 aliphatic rings. The van der Waals surface area contributed by atoms with Gasteiger partial charge in [-0.2, -0.15) is 0 Å². The summed E-state index contributed by atoms with van der Waals surface area (Å²) in [6.45, 7) is 11.9. The molecule has 16 heavy (non-hydrogen) atoms. The zero-order valence-electron chi connectivity index (χ0n) is 10.8. The molecule has 0 amide bonds. The Morgan fingerprint density at radius 2 is 1.56 bits per heavy atom. The highest BCUT2D eigenvalue weighted by atomic mass is 16.4. The Balaban J connectivity index is 3.54.